The number of ether oxygens (including phenoxy) is 1. The zero-order valence-corrected chi connectivity index (χ0v) is 18.6. The van der Waals surface area contributed by atoms with Crippen LogP contribution in [0.3, 0.4) is 0 Å². The molecule has 1 atom stereocenters. The predicted molar refractivity (Wildman–Crippen MR) is 127 cm³/mol. The second-order valence-electron chi connectivity index (χ2n) is 7.76. The maximum atomic E-state index is 13.2. The quantitative estimate of drug-likeness (QED) is 0.184. The summed E-state index contributed by atoms with van der Waals surface area (Å²) in [6.07, 6.45) is 0. The molecule has 8 nitrogen and oxygen atoms in total. The minimum Gasteiger partial charge on any atom is -0.507 e. The molecule has 0 spiro atoms. The van der Waals surface area contributed by atoms with Gasteiger partial charge < -0.3 is 9.84 Å². The summed E-state index contributed by atoms with van der Waals surface area (Å²) in [7, 11) is 0. The van der Waals surface area contributed by atoms with Gasteiger partial charge in [-0.15, -0.1) is 0 Å². The topological polar surface area (TPSA) is 110 Å². The van der Waals surface area contributed by atoms with Crippen molar-refractivity contribution in [1.82, 2.24) is 0 Å². The van der Waals surface area contributed by atoms with E-state index in [-0.39, 0.29) is 16.8 Å². The van der Waals surface area contributed by atoms with Gasteiger partial charge in [-0.25, -0.2) is 0 Å². The van der Waals surface area contributed by atoms with Crippen LogP contribution in [-0.2, 0) is 9.59 Å². The van der Waals surface area contributed by atoms with E-state index in [0.29, 0.717) is 23.6 Å². The Kier molecular flexibility index (Phi) is 6.14. The highest BCUT2D eigenvalue weighted by Crippen LogP contribution is 2.43. The van der Waals surface area contributed by atoms with Crippen molar-refractivity contribution in [3.63, 3.8) is 0 Å². The van der Waals surface area contributed by atoms with Gasteiger partial charge in [0.2, 0.25) is 0 Å². The Bertz CT molecular complexity index is 1300. The first kappa shape index (κ1) is 22.7. The Hall–Kier alpha value is -4.46. The molecule has 1 N–H and O–H groups in total. The SMILES string of the molecule is CCOc1ccc(N2C(=O)C(=O)/C(=C(/O)c3ccc([N+](=O)[O-])cc3)C2c2ccccc2C)cc1. The molecular weight excluding hydrogens is 436 g/mol. The lowest BCUT2D eigenvalue weighted by molar-refractivity contribution is -0.384. The molecule has 172 valence electrons. The first-order valence-corrected chi connectivity index (χ1v) is 10.7. The summed E-state index contributed by atoms with van der Waals surface area (Å²) in [5, 5.41) is 22.1. The molecule has 3 aromatic rings. The molecule has 1 heterocycles. The van der Waals surface area contributed by atoms with Crippen LogP contribution < -0.4 is 9.64 Å². The van der Waals surface area contributed by atoms with Gasteiger partial charge in [0.15, 0.2) is 0 Å². The third-order valence-electron chi connectivity index (χ3n) is 5.70. The van der Waals surface area contributed by atoms with Crippen molar-refractivity contribution in [3.8, 4) is 5.75 Å². The lowest BCUT2D eigenvalue weighted by Gasteiger charge is -2.26. The van der Waals surface area contributed by atoms with Crippen LogP contribution in [-0.4, -0.2) is 28.3 Å². The van der Waals surface area contributed by atoms with Crippen LogP contribution >= 0.6 is 0 Å². The van der Waals surface area contributed by atoms with Crippen LogP contribution in [0.25, 0.3) is 5.76 Å². The summed E-state index contributed by atoms with van der Waals surface area (Å²) >= 11 is 0. The Morgan fingerprint density at radius 3 is 2.26 bits per heavy atom. The van der Waals surface area contributed by atoms with Crippen molar-refractivity contribution in [2.75, 3.05) is 11.5 Å². The van der Waals surface area contributed by atoms with Gasteiger partial charge in [0.05, 0.1) is 23.1 Å². The fourth-order valence-corrected chi connectivity index (χ4v) is 4.05. The molecule has 1 fully saturated rings. The number of nitro groups is 1. The van der Waals surface area contributed by atoms with Crippen molar-refractivity contribution in [2.45, 2.75) is 19.9 Å². The van der Waals surface area contributed by atoms with E-state index < -0.39 is 28.4 Å². The van der Waals surface area contributed by atoms with E-state index in [1.54, 1.807) is 36.4 Å². The lowest BCUT2D eigenvalue weighted by Crippen LogP contribution is -2.29. The molecule has 8 heteroatoms. The monoisotopic (exact) mass is 458 g/mol. The van der Waals surface area contributed by atoms with Gasteiger partial charge in [0.1, 0.15) is 11.5 Å². The number of nitro benzene ring substituents is 1. The second kappa shape index (κ2) is 9.19. The Morgan fingerprint density at radius 1 is 1.03 bits per heavy atom. The highest BCUT2D eigenvalue weighted by molar-refractivity contribution is 6.51. The number of nitrogens with zero attached hydrogens (tertiary/aromatic N) is 2. The zero-order valence-electron chi connectivity index (χ0n) is 18.6. The van der Waals surface area contributed by atoms with E-state index in [4.69, 9.17) is 4.74 Å². The number of carbonyl (C=O) groups is 2. The van der Waals surface area contributed by atoms with Gasteiger partial charge in [-0.3, -0.25) is 24.6 Å². The Labute approximate surface area is 195 Å². The highest BCUT2D eigenvalue weighted by atomic mass is 16.6. The average molecular weight is 458 g/mol. The fraction of sp³-hybridized carbons (Fsp3) is 0.154. The number of non-ortho nitro benzene ring substituents is 1. The number of carbonyl (C=O) groups excluding carboxylic acids is 2. The summed E-state index contributed by atoms with van der Waals surface area (Å²) in [4.78, 5) is 38.2. The number of hydrogen-bond acceptors (Lipinski definition) is 6. The van der Waals surface area contributed by atoms with Crippen molar-refractivity contribution in [1.29, 1.82) is 0 Å². The number of aliphatic hydroxyl groups excluding tert-OH is 1. The van der Waals surface area contributed by atoms with E-state index in [0.717, 1.165) is 5.56 Å². The standard InChI is InChI=1S/C26H22N2O6/c1-3-34-20-14-12-18(13-15-20)27-23(21-7-5-4-6-16(21)2)22(25(30)26(27)31)24(29)17-8-10-19(11-9-17)28(32)33/h4-15,23,29H,3H2,1-2H3/b24-22+. The van der Waals surface area contributed by atoms with Crippen LogP contribution in [0.15, 0.2) is 78.4 Å². The Morgan fingerprint density at radius 2 is 1.68 bits per heavy atom. The zero-order chi connectivity index (χ0) is 24.4. The van der Waals surface area contributed by atoms with Crippen LogP contribution in [0, 0.1) is 17.0 Å². The minimum atomic E-state index is -0.880. The third-order valence-corrected chi connectivity index (χ3v) is 5.70. The predicted octanol–water partition coefficient (Wildman–Crippen LogP) is 4.93. The molecule has 4 rings (SSSR count). The minimum absolute atomic E-state index is 0.0814. The van der Waals surface area contributed by atoms with Crippen molar-refractivity contribution >= 4 is 28.8 Å². The van der Waals surface area contributed by atoms with E-state index in [2.05, 4.69) is 0 Å². The maximum Gasteiger partial charge on any atom is 0.300 e. The molecule has 0 bridgehead atoms. The number of aryl methyl sites for hydroxylation is 1. The molecule has 34 heavy (non-hydrogen) atoms. The van der Waals surface area contributed by atoms with Gasteiger partial charge in [-0.05, 0) is 61.4 Å². The number of benzene rings is 3. The summed E-state index contributed by atoms with van der Waals surface area (Å²) in [5.41, 5.74) is 1.96. The number of amides is 1. The second-order valence-corrected chi connectivity index (χ2v) is 7.76. The number of ketones is 1. The van der Waals surface area contributed by atoms with Crippen LogP contribution in [0.5, 0.6) is 5.75 Å². The number of anilines is 1. The molecule has 0 aliphatic carbocycles. The molecule has 0 saturated carbocycles. The van der Waals surface area contributed by atoms with Gasteiger partial charge in [-0.1, -0.05) is 24.3 Å². The summed E-state index contributed by atoms with van der Waals surface area (Å²) in [5.74, 6) is -1.38. The van der Waals surface area contributed by atoms with Crippen molar-refractivity contribution in [3.05, 3.63) is 105 Å². The summed E-state index contributed by atoms with van der Waals surface area (Å²) in [6, 6.07) is 18.4. The van der Waals surface area contributed by atoms with Gasteiger partial charge in [0, 0.05) is 23.4 Å². The molecule has 1 amide bonds. The highest BCUT2D eigenvalue weighted by Gasteiger charge is 2.47. The smallest absolute Gasteiger partial charge is 0.300 e. The normalized spacial score (nSPS) is 17.1. The first-order chi connectivity index (χ1) is 16.3. The van der Waals surface area contributed by atoms with Crippen LogP contribution in [0.4, 0.5) is 11.4 Å². The number of hydrogen-bond donors (Lipinski definition) is 1. The fourth-order valence-electron chi connectivity index (χ4n) is 4.05. The average Bonchev–Trinajstić information content (AvgIpc) is 3.10. The molecule has 1 aliphatic rings. The molecule has 0 aromatic heterocycles. The first-order valence-electron chi connectivity index (χ1n) is 10.7. The molecule has 3 aromatic carbocycles. The van der Waals surface area contributed by atoms with E-state index in [1.165, 1.54) is 29.2 Å². The maximum absolute atomic E-state index is 13.2. The van der Waals surface area contributed by atoms with Crippen molar-refractivity contribution < 1.29 is 24.4 Å². The summed E-state index contributed by atoms with van der Waals surface area (Å²) < 4.78 is 5.48. The van der Waals surface area contributed by atoms with Crippen LogP contribution in [0.1, 0.15) is 29.7 Å². The van der Waals surface area contributed by atoms with Gasteiger partial charge in [0.25, 0.3) is 17.4 Å². The third kappa shape index (κ3) is 4.01. The van der Waals surface area contributed by atoms with Gasteiger partial charge >= 0.3 is 0 Å². The Balaban J connectivity index is 1.89. The number of rotatable bonds is 6. The largest absolute Gasteiger partial charge is 0.507 e. The lowest BCUT2D eigenvalue weighted by atomic mass is 9.92. The molecule has 1 unspecified atom stereocenters. The van der Waals surface area contributed by atoms with E-state index in [9.17, 15) is 24.8 Å². The molecule has 1 aliphatic heterocycles. The summed E-state index contributed by atoms with van der Waals surface area (Å²) in [6.45, 7) is 4.21. The van der Waals surface area contributed by atoms with Gasteiger partial charge in [-0.2, -0.15) is 0 Å². The number of Topliss-reactive ketones (excluding diaryl/α,β-unsaturated/α-hetero) is 1. The van der Waals surface area contributed by atoms with Crippen LogP contribution in [0.2, 0.25) is 0 Å². The van der Waals surface area contributed by atoms with Crippen molar-refractivity contribution in [2.24, 2.45) is 0 Å². The molecule has 0 radical (unpaired) electrons. The number of aliphatic hydroxyl groups is 1. The van der Waals surface area contributed by atoms with E-state index >= 15 is 0 Å². The molecule has 1 saturated heterocycles. The van der Waals surface area contributed by atoms with E-state index in [1.807, 2.05) is 26.0 Å². The molecular formula is C26H22N2O6.